The molecule has 0 amide bonds. The van der Waals surface area contributed by atoms with E-state index in [0.717, 1.165) is 56.1 Å². The Morgan fingerprint density at radius 3 is 1.22 bits per heavy atom. The van der Waals surface area contributed by atoms with E-state index in [4.69, 9.17) is 9.97 Å². The van der Waals surface area contributed by atoms with Crippen molar-refractivity contribution in [3.63, 3.8) is 0 Å². The minimum atomic E-state index is 0.546. The predicted molar refractivity (Wildman–Crippen MR) is 203 cm³/mol. The smallest absolute Gasteiger partial charge is 0.179 e. The van der Waals surface area contributed by atoms with Crippen LogP contribution in [0.2, 0.25) is 0 Å². The first-order chi connectivity index (χ1) is 24.8. The Bertz CT molecular complexity index is 2570. The molecule has 0 unspecified atom stereocenters. The topological polar surface area (TPSA) is 61.4 Å². The van der Waals surface area contributed by atoms with E-state index >= 15 is 0 Å². The van der Waals surface area contributed by atoms with Crippen molar-refractivity contribution >= 4 is 43.6 Å². The van der Waals surface area contributed by atoms with E-state index in [2.05, 4.69) is 134 Å². The van der Waals surface area contributed by atoms with Crippen molar-refractivity contribution in [3.8, 4) is 45.5 Å². The third kappa shape index (κ3) is 4.50. The van der Waals surface area contributed by atoms with Gasteiger partial charge < -0.3 is 9.13 Å². The summed E-state index contributed by atoms with van der Waals surface area (Å²) in [5.74, 6) is 0.546. The maximum Gasteiger partial charge on any atom is 0.179 e. The highest BCUT2D eigenvalue weighted by Gasteiger charge is 2.19. The molecule has 0 radical (unpaired) electrons. The van der Waals surface area contributed by atoms with E-state index in [1.807, 2.05) is 42.5 Å². The van der Waals surface area contributed by atoms with E-state index < -0.39 is 0 Å². The molecule has 0 saturated carbocycles. The van der Waals surface area contributed by atoms with Gasteiger partial charge in [0.2, 0.25) is 0 Å². The van der Waals surface area contributed by atoms with Crippen molar-refractivity contribution < 1.29 is 0 Å². The molecule has 0 aliphatic rings. The second-order valence-electron chi connectivity index (χ2n) is 12.4. The summed E-state index contributed by atoms with van der Waals surface area (Å²) in [5, 5.41) is 4.85. The molecule has 0 atom stereocenters. The molecular weight excluding hydrogens is 613 g/mol. The number of pyridine rings is 2. The fourth-order valence-electron chi connectivity index (χ4n) is 7.25. The number of para-hydroxylation sites is 4. The predicted octanol–water partition coefficient (Wildman–Crippen LogP) is 10.5. The van der Waals surface area contributed by atoms with Crippen LogP contribution < -0.4 is 0 Å². The minimum absolute atomic E-state index is 0.546. The zero-order valence-corrected chi connectivity index (χ0v) is 26.8. The molecule has 0 aliphatic heterocycles. The molecule has 0 saturated heterocycles. The van der Waals surface area contributed by atoms with Crippen molar-refractivity contribution in [1.82, 2.24) is 29.1 Å². The number of nitrogens with zero attached hydrogens (tertiary/aromatic N) is 6. The number of fused-ring (bicyclic) bond motifs is 6. The van der Waals surface area contributed by atoms with Crippen LogP contribution in [-0.2, 0) is 0 Å². The molecule has 0 bridgehead atoms. The zero-order chi connectivity index (χ0) is 33.0. The van der Waals surface area contributed by atoms with E-state index in [0.29, 0.717) is 11.5 Å². The van der Waals surface area contributed by atoms with Gasteiger partial charge in [0.1, 0.15) is 5.69 Å². The molecule has 0 spiro atoms. The van der Waals surface area contributed by atoms with Crippen LogP contribution in [0.1, 0.15) is 0 Å². The van der Waals surface area contributed by atoms with Crippen molar-refractivity contribution in [2.24, 2.45) is 0 Å². The Hall–Kier alpha value is -6.92. The van der Waals surface area contributed by atoms with Crippen LogP contribution >= 0.6 is 0 Å². The molecule has 10 aromatic rings. The molecule has 0 fully saturated rings. The largest absolute Gasteiger partial charge is 0.309 e. The Balaban J connectivity index is 1.31. The van der Waals surface area contributed by atoms with E-state index in [-0.39, 0.29) is 0 Å². The molecule has 0 N–H and O–H groups in total. The highest BCUT2D eigenvalue weighted by atomic mass is 15.0. The van der Waals surface area contributed by atoms with E-state index in [1.165, 1.54) is 21.5 Å². The summed E-state index contributed by atoms with van der Waals surface area (Å²) in [6.07, 6.45) is 3.57. The van der Waals surface area contributed by atoms with Crippen LogP contribution in [0.4, 0.5) is 0 Å². The molecule has 0 aliphatic carbocycles. The zero-order valence-electron chi connectivity index (χ0n) is 26.8. The maximum absolute atomic E-state index is 5.17. The van der Waals surface area contributed by atoms with Gasteiger partial charge in [-0.05, 0) is 72.8 Å². The van der Waals surface area contributed by atoms with Gasteiger partial charge in [0.25, 0.3) is 0 Å². The lowest BCUT2D eigenvalue weighted by Gasteiger charge is -2.16. The number of benzene rings is 5. The average Bonchev–Trinajstić information content (AvgIpc) is 3.71. The first-order valence-corrected chi connectivity index (χ1v) is 16.6. The first-order valence-electron chi connectivity index (χ1n) is 16.6. The van der Waals surface area contributed by atoms with Gasteiger partial charge >= 0.3 is 0 Å². The molecule has 5 heterocycles. The Morgan fingerprint density at radius 1 is 0.340 bits per heavy atom. The highest BCUT2D eigenvalue weighted by Crippen LogP contribution is 2.38. The maximum atomic E-state index is 5.17. The van der Waals surface area contributed by atoms with Crippen molar-refractivity contribution in [2.45, 2.75) is 0 Å². The second kappa shape index (κ2) is 11.4. The van der Waals surface area contributed by atoms with Gasteiger partial charge in [0.15, 0.2) is 5.82 Å². The van der Waals surface area contributed by atoms with Gasteiger partial charge in [0.05, 0.1) is 39.1 Å². The quantitative estimate of drug-likeness (QED) is 0.188. The molecular formula is C44H28N6. The Morgan fingerprint density at radius 2 is 0.760 bits per heavy atom. The highest BCUT2D eigenvalue weighted by molar-refractivity contribution is 6.10. The summed E-state index contributed by atoms with van der Waals surface area (Å²) < 4.78 is 4.73. The van der Waals surface area contributed by atoms with Crippen LogP contribution in [0, 0.1) is 0 Å². The number of hydrogen-bond donors (Lipinski definition) is 0. The molecule has 6 heteroatoms. The molecule has 50 heavy (non-hydrogen) atoms. The molecule has 5 aromatic heterocycles. The lowest BCUT2D eigenvalue weighted by Crippen LogP contribution is -2.02. The van der Waals surface area contributed by atoms with Gasteiger partial charge in [-0.2, -0.15) is 0 Å². The van der Waals surface area contributed by atoms with Gasteiger partial charge in [-0.15, -0.1) is 0 Å². The standard InChI is InChI=1S/C44H28N6/c1-5-19-40-32(13-1)33-14-2-6-20-41(33)49(40)30-25-29(26-31(27-30)50-42-21-7-3-15-34(42)35-16-4-8-22-43(35)50)38-28-39(36-17-9-11-23-45-36)48-44(47-38)37-18-10-12-24-46-37/h1-28H. The van der Waals surface area contributed by atoms with Crippen molar-refractivity contribution in [2.75, 3.05) is 0 Å². The summed E-state index contributed by atoms with van der Waals surface area (Å²) in [7, 11) is 0. The lowest BCUT2D eigenvalue weighted by molar-refractivity contribution is 1.12. The number of hydrogen-bond acceptors (Lipinski definition) is 4. The van der Waals surface area contributed by atoms with Gasteiger partial charge in [-0.1, -0.05) is 84.9 Å². The summed E-state index contributed by atoms with van der Waals surface area (Å²) in [5.41, 5.74) is 10.6. The van der Waals surface area contributed by atoms with Gasteiger partial charge in [-0.25, -0.2) is 9.97 Å². The normalized spacial score (nSPS) is 11.6. The fraction of sp³-hybridized carbons (Fsp3) is 0. The Labute approximate surface area is 287 Å². The van der Waals surface area contributed by atoms with Crippen LogP contribution in [0.15, 0.2) is 170 Å². The Kier molecular flexibility index (Phi) is 6.39. The average molecular weight is 641 g/mol. The van der Waals surface area contributed by atoms with Crippen LogP contribution in [0.3, 0.4) is 0 Å². The van der Waals surface area contributed by atoms with Crippen LogP contribution in [0.25, 0.3) is 89.2 Å². The van der Waals surface area contributed by atoms with Crippen molar-refractivity contribution in [3.05, 3.63) is 170 Å². The third-order valence-electron chi connectivity index (χ3n) is 9.42. The fourth-order valence-corrected chi connectivity index (χ4v) is 7.25. The molecule has 5 aromatic carbocycles. The first kappa shape index (κ1) is 28.1. The molecule has 10 rings (SSSR count). The van der Waals surface area contributed by atoms with E-state index in [1.54, 1.807) is 12.4 Å². The monoisotopic (exact) mass is 640 g/mol. The summed E-state index contributed by atoms with van der Waals surface area (Å²) in [6.45, 7) is 0. The van der Waals surface area contributed by atoms with Crippen LogP contribution in [-0.4, -0.2) is 29.1 Å². The number of aromatic nitrogens is 6. The second-order valence-corrected chi connectivity index (χ2v) is 12.4. The SMILES string of the molecule is c1ccc(-c2cc(-c3cc(-n4c5ccccc5c5ccccc54)cc(-n4c5ccccc5c5ccccc54)c3)nc(-c3ccccn3)n2)nc1. The van der Waals surface area contributed by atoms with Crippen molar-refractivity contribution in [1.29, 1.82) is 0 Å². The van der Waals surface area contributed by atoms with E-state index in [9.17, 15) is 0 Å². The molecule has 6 nitrogen and oxygen atoms in total. The van der Waals surface area contributed by atoms with Crippen LogP contribution in [0.5, 0.6) is 0 Å². The lowest BCUT2D eigenvalue weighted by atomic mass is 10.1. The summed E-state index contributed by atoms with van der Waals surface area (Å²) in [6, 6.07) is 55.0. The summed E-state index contributed by atoms with van der Waals surface area (Å²) in [4.78, 5) is 19.4. The van der Waals surface area contributed by atoms with Gasteiger partial charge in [-0.3, -0.25) is 9.97 Å². The summed E-state index contributed by atoms with van der Waals surface area (Å²) >= 11 is 0. The van der Waals surface area contributed by atoms with Gasteiger partial charge in [0, 0.05) is 50.9 Å². The number of rotatable bonds is 5. The molecule has 234 valence electrons. The minimum Gasteiger partial charge on any atom is -0.309 e. The third-order valence-corrected chi connectivity index (χ3v) is 9.42.